The van der Waals surface area contributed by atoms with E-state index in [-0.39, 0.29) is 17.1 Å². The van der Waals surface area contributed by atoms with Crippen LogP contribution >= 0.6 is 27.7 Å². The van der Waals surface area contributed by atoms with E-state index in [1.165, 1.54) is 0 Å². The Balaban J connectivity index is 1.80. The number of para-hydroxylation sites is 1. The molecule has 30 heavy (non-hydrogen) atoms. The Labute approximate surface area is 185 Å². The van der Waals surface area contributed by atoms with Crippen LogP contribution in [0.5, 0.6) is 0 Å². The Morgan fingerprint density at radius 1 is 0.967 bits per heavy atom. The molecule has 1 aliphatic heterocycles. The van der Waals surface area contributed by atoms with Gasteiger partial charge in [0, 0.05) is 15.1 Å². The first-order chi connectivity index (χ1) is 14.6. The number of benzene rings is 3. The van der Waals surface area contributed by atoms with Crippen molar-refractivity contribution in [3.8, 4) is 0 Å². The quantitative estimate of drug-likeness (QED) is 0.338. The lowest BCUT2D eigenvalue weighted by atomic mass is 9.98. The maximum Gasteiger partial charge on any atom is 0.295 e. The maximum absolute atomic E-state index is 13.5. The number of hydrogen-bond acceptors (Lipinski definition) is 4. The van der Waals surface area contributed by atoms with Crippen LogP contribution in [0.3, 0.4) is 0 Å². The number of rotatable bonds is 3. The number of carbonyl (C=O) groups is 1. The molecule has 0 spiro atoms. The number of halogens is 1. The Kier molecular flexibility index (Phi) is 4.76. The highest BCUT2D eigenvalue weighted by Gasteiger charge is 2.43. The third-order valence-electron chi connectivity index (χ3n) is 5.30. The topological polar surface area (TPSA) is 50.5 Å². The molecular weight excluding hydrogens is 462 g/mol. The highest BCUT2D eigenvalue weighted by Crippen LogP contribution is 2.41. The summed E-state index contributed by atoms with van der Waals surface area (Å²) in [5.74, 6) is -0.199. The van der Waals surface area contributed by atoms with E-state index >= 15 is 0 Å². The average Bonchev–Trinajstić information content (AvgIpc) is 3.07. The van der Waals surface area contributed by atoms with Crippen LogP contribution in [0.15, 0.2) is 91.4 Å². The fourth-order valence-corrected chi connectivity index (χ4v) is 4.67. The molecule has 2 heterocycles. The normalized spacial score (nSPS) is 15.6. The molecule has 0 fully saturated rings. The smallest absolute Gasteiger partial charge is 0.295 e. The molecule has 1 atom stereocenters. The van der Waals surface area contributed by atoms with E-state index in [9.17, 15) is 9.59 Å². The van der Waals surface area contributed by atoms with Crippen LogP contribution in [0, 0.1) is 0 Å². The third kappa shape index (κ3) is 2.99. The molecule has 1 amide bonds. The first-order valence-corrected chi connectivity index (χ1v) is 11.4. The molecule has 0 saturated carbocycles. The second kappa shape index (κ2) is 7.45. The van der Waals surface area contributed by atoms with Crippen LogP contribution in [0.25, 0.3) is 11.0 Å². The van der Waals surface area contributed by atoms with Crippen LogP contribution in [0.2, 0.25) is 0 Å². The van der Waals surface area contributed by atoms with E-state index in [4.69, 9.17) is 4.42 Å². The Morgan fingerprint density at radius 2 is 1.70 bits per heavy atom. The van der Waals surface area contributed by atoms with E-state index in [1.807, 2.05) is 60.9 Å². The van der Waals surface area contributed by atoms with Crippen LogP contribution in [0.1, 0.15) is 27.7 Å². The largest absolute Gasteiger partial charge is 0.450 e. The average molecular weight is 478 g/mol. The number of amides is 1. The Morgan fingerprint density at radius 3 is 2.40 bits per heavy atom. The van der Waals surface area contributed by atoms with Crippen molar-refractivity contribution in [1.82, 2.24) is 0 Å². The summed E-state index contributed by atoms with van der Waals surface area (Å²) in [4.78, 5) is 29.7. The minimum atomic E-state index is -0.551. The molecule has 3 aromatic carbocycles. The van der Waals surface area contributed by atoms with Gasteiger partial charge in [0.05, 0.1) is 17.0 Å². The Hall–Kier alpha value is -2.83. The SMILES string of the molecule is CSc1ccc(C2c3c(oc4ccc(Br)cc4c3=O)C(=O)N2c2ccccc2)cc1. The number of thioether (sulfide) groups is 1. The minimum Gasteiger partial charge on any atom is -0.450 e. The first kappa shape index (κ1) is 19.2. The van der Waals surface area contributed by atoms with Gasteiger partial charge in [-0.25, -0.2) is 0 Å². The van der Waals surface area contributed by atoms with E-state index < -0.39 is 6.04 Å². The zero-order chi connectivity index (χ0) is 20.8. The molecule has 148 valence electrons. The Bertz CT molecular complexity index is 1330. The molecule has 0 saturated heterocycles. The van der Waals surface area contributed by atoms with Gasteiger partial charge >= 0.3 is 0 Å². The zero-order valence-electron chi connectivity index (χ0n) is 16.0. The van der Waals surface area contributed by atoms with Crippen molar-refractivity contribution >= 4 is 50.3 Å². The fourth-order valence-electron chi connectivity index (χ4n) is 3.90. The summed E-state index contributed by atoms with van der Waals surface area (Å²) in [5, 5.41) is 0.455. The summed E-state index contributed by atoms with van der Waals surface area (Å²) < 4.78 is 6.77. The van der Waals surface area contributed by atoms with Crippen LogP contribution in [-0.4, -0.2) is 12.2 Å². The van der Waals surface area contributed by atoms with Crippen LogP contribution in [0.4, 0.5) is 5.69 Å². The third-order valence-corrected chi connectivity index (χ3v) is 6.53. The highest BCUT2D eigenvalue weighted by molar-refractivity contribution is 9.10. The molecule has 1 unspecified atom stereocenters. The van der Waals surface area contributed by atoms with Gasteiger partial charge in [0.2, 0.25) is 5.76 Å². The summed E-state index contributed by atoms with van der Waals surface area (Å²) in [6, 6.07) is 22.0. The van der Waals surface area contributed by atoms with Crippen LogP contribution < -0.4 is 10.3 Å². The molecule has 0 N–H and O–H groups in total. The lowest BCUT2D eigenvalue weighted by molar-refractivity contribution is 0.0971. The highest BCUT2D eigenvalue weighted by atomic mass is 79.9. The second-order valence-electron chi connectivity index (χ2n) is 7.00. The van der Waals surface area contributed by atoms with Gasteiger partial charge in [0.15, 0.2) is 5.43 Å². The van der Waals surface area contributed by atoms with E-state index in [0.29, 0.717) is 16.5 Å². The molecule has 1 aromatic heterocycles. The molecule has 0 aliphatic carbocycles. The standard InChI is InChI=1S/C24H16BrNO3S/c1-30-17-10-7-14(8-11-17)21-20-22(27)18-13-15(25)9-12-19(18)29-23(20)24(28)26(21)16-5-3-2-4-6-16/h2-13,21H,1H3. The summed E-state index contributed by atoms with van der Waals surface area (Å²) >= 11 is 5.07. The number of nitrogens with zero attached hydrogens (tertiary/aromatic N) is 1. The fraction of sp³-hybridized carbons (Fsp3) is 0.0833. The number of anilines is 1. The second-order valence-corrected chi connectivity index (χ2v) is 8.80. The summed E-state index contributed by atoms with van der Waals surface area (Å²) in [6.45, 7) is 0. The van der Waals surface area contributed by atoms with Gasteiger partial charge in [0.25, 0.3) is 5.91 Å². The molecule has 0 radical (unpaired) electrons. The van der Waals surface area contributed by atoms with Gasteiger partial charge in [0.1, 0.15) is 5.58 Å². The van der Waals surface area contributed by atoms with Gasteiger partial charge in [-0.15, -0.1) is 11.8 Å². The number of hydrogen-bond donors (Lipinski definition) is 0. The summed E-state index contributed by atoms with van der Waals surface area (Å²) in [6.07, 6.45) is 2.01. The van der Waals surface area contributed by atoms with Gasteiger partial charge in [-0.1, -0.05) is 46.3 Å². The predicted octanol–water partition coefficient (Wildman–Crippen LogP) is 6.03. The van der Waals surface area contributed by atoms with Crippen LogP contribution in [-0.2, 0) is 0 Å². The monoisotopic (exact) mass is 477 g/mol. The summed E-state index contributed by atoms with van der Waals surface area (Å²) in [7, 11) is 0. The molecular formula is C24H16BrNO3S. The van der Waals surface area contributed by atoms with Crippen molar-refractivity contribution in [3.63, 3.8) is 0 Å². The van der Waals surface area contributed by atoms with Gasteiger partial charge in [-0.05, 0) is 54.3 Å². The lowest BCUT2D eigenvalue weighted by Gasteiger charge is -2.25. The zero-order valence-corrected chi connectivity index (χ0v) is 18.4. The number of carbonyl (C=O) groups excluding carboxylic acids is 1. The number of fused-ring (bicyclic) bond motifs is 2. The maximum atomic E-state index is 13.5. The van der Waals surface area contributed by atoms with Gasteiger partial charge in [-0.3, -0.25) is 14.5 Å². The summed E-state index contributed by atoms with van der Waals surface area (Å²) in [5.41, 5.74) is 2.19. The van der Waals surface area contributed by atoms with E-state index in [0.717, 1.165) is 20.6 Å². The molecule has 0 bridgehead atoms. The van der Waals surface area contributed by atoms with E-state index in [1.54, 1.807) is 34.9 Å². The lowest BCUT2D eigenvalue weighted by Crippen LogP contribution is -2.29. The molecule has 1 aliphatic rings. The van der Waals surface area contributed by atoms with Crippen molar-refractivity contribution in [2.24, 2.45) is 0 Å². The first-order valence-electron chi connectivity index (χ1n) is 9.37. The molecule has 6 heteroatoms. The van der Waals surface area contributed by atoms with Crippen molar-refractivity contribution in [2.75, 3.05) is 11.2 Å². The van der Waals surface area contributed by atoms with Crippen molar-refractivity contribution in [2.45, 2.75) is 10.9 Å². The van der Waals surface area contributed by atoms with Gasteiger partial charge < -0.3 is 4.42 Å². The van der Waals surface area contributed by atoms with E-state index in [2.05, 4.69) is 15.9 Å². The minimum absolute atomic E-state index is 0.109. The van der Waals surface area contributed by atoms with Crippen molar-refractivity contribution < 1.29 is 9.21 Å². The molecule has 4 nitrogen and oxygen atoms in total. The molecule has 5 rings (SSSR count). The van der Waals surface area contributed by atoms with Gasteiger partial charge in [-0.2, -0.15) is 0 Å². The predicted molar refractivity (Wildman–Crippen MR) is 124 cm³/mol. The van der Waals surface area contributed by atoms with Crippen molar-refractivity contribution in [3.05, 3.63) is 104 Å². The van der Waals surface area contributed by atoms with Crippen molar-refractivity contribution in [1.29, 1.82) is 0 Å². The molecule has 4 aromatic rings.